The van der Waals surface area contributed by atoms with Crippen LogP contribution in [0.2, 0.25) is 0 Å². The first-order chi connectivity index (χ1) is 10.3. The maximum atomic E-state index is 13.2. The highest BCUT2D eigenvalue weighted by atomic mass is 19.4. The van der Waals surface area contributed by atoms with Gasteiger partial charge >= 0.3 is 6.18 Å². The molecule has 22 heavy (non-hydrogen) atoms. The van der Waals surface area contributed by atoms with Crippen LogP contribution in [0.15, 0.2) is 29.6 Å². The molecule has 0 saturated carbocycles. The van der Waals surface area contributed by atoms with Gasteiger partial charge in [-0.25, -0.2) is 0 Å². The number of methoxy groups -OCH3 is 1. The highest BCUT2D eigenvalue weighted by Gasteiger charge is 2.63. The quantitative estimate of drug-likeness (QED) is 0.915. The van der Waals surface area contributed by atoms with Crippen LogP contribution in [0.4, 0.5) is 13.2 Å². The number of hydrogen-bond acceptors (Lipinski definition) is 5. The molecule has 2 heterocycles. The van der Waals surface area contributed by atoms with Crippen molar-refractivity contribution in [3.63, 3.8) is 0 Å². The Morgan fingerprint density at radius 1 is 1.45 bits per heavy atom. The van der Waals surface area contributed by atoms with Gasteiger partial charge in [0.25, 0.3) is 11.6 Å². The second kappa shape index (κ2) is 6.01. The summed E-state index contributed by atoms with van der Waals surface area (Å²) in [5.74, 6) is -1.05. The summed E-state index contributed by atoms with van der Waals surface area (Å²) >= 11 is 0. The molecule has 0 spiro atoms. The first-order valence-electron chi connectivity index (χ1n) is 6.38. The van der Waals surface area contributed by atoms with Gasteiger partial charge in [-0.15, -0.1) is 0 Å². The van der Waals surface area contributed by atoms with Gasteiger partial charge in [-0.05, 0) is 12.1 Å². The number of carbonyl (C=O) groups excluding carboxylic acids is 1. The summed E-state index contributed by atoms with van der Waals surface area (Å²) in [6, 6.07) is 2.50. The minimum Gasteiger partial charge on any atom is -0.384 e. The number of alkyl halides is 3. The van der Waals surface area contributed by atoms with E-state index in [1.54, 1.807) is 0 Å². The molecule has 1 atom stereocenters. The number of hydrogen-bond donors (Lipinski definition) is 1. The molecule has 0 radical (unpaired) electrons. The zero-order chi connectivity index (χ0) is 16.4. The molecule has 0 aromatic carbocycles. The molecule has 0 unspecified atom stereocenters. The van der Waals surface area contributed by atoms with E-state index in [4.69, 9.17) is 4.74 Å². The van der Waals surface area contributed by atoms with Crippen LogP contribution in [0.3, 0.4) is 0 Å². The van der Waals surface area contributed by atoms with Crippen LogP contribution in [-0.2, 0) is 4.74 Å². The lowest BCUT2D eigenvalue weighted by Crippen LogP contribution is -2.56. The molecule has 0 aliphatic carbocycles. The first-order valence-corrected chi connectivity index (χ1v) is 6.38. The van der Waals surface area contributed by atoms with Crippen LogP contribution in [0, 0.1) is 0 Å². The van der Waals surface area contributed by atoms with Crippen molar-refractivity contribution < 1.29 is 27.8 Å². The van der Waals surface area contributed by atoms with E-state index in [0.717, 1.165) is 0 Å². The van der Waals surface area contributed by atoms with Gasteiger partial charge in [0.2, 0.25) is 0 Å². The lowest BCUT2D eigenvalue weighted by molar-refractivity contribution is -0.297. The number of carbonyl (C=O) groups is 1. The number of nitrogens with zero attached hydrogens (tertiary/aromatic N) is 3. The average Bonchev–Trinajstić information content (AvgIpc) is 2.83. The van der Waals surface area contributed by atoms with Gasteiger partial charge in [0.1, 0.15) is 0 Å². The molecule has 0 fully saturated rings. The highest BCUT2D eigenvalue weighted by molar-refractivity contribution is 5.98. The molecule has 0 bridgehead atoms. The first kappa shape index (κ1) is 16.4. The van der Waals surface area contributed by atoms with Crippen LogP contribution in [0.5, 0.6) is 0 Å². The Hall–Kier alpha value is -2.00. The Morgan fingerprint density at radius 2 is 2.09 bits per heavy atom. The van der Waals surface area contributed by atoms with E-state index in [1.165, 1.54) is 31.6 Å². The van der Waals surface area contributed by atoms with Gasteiger partial charge in [0, 0.05) is 43.6 Å². The highest BCUT2D eigenvalue weighted by Crippen LogP contribution is 2.41. The summed E-state index contributed by atoms with van der Waals surface area (Å²) in [6.45, 7) is 0.143. The van der Waals surface area contributed by atoms with Gasteiger partial charge in [0.05, 0.1) is 6.61 Å². The van der Waals surface area contributed by atoms with Crippen molar-refractivity contribution in [2.75, 3.05) is 13.7 Å². The van der Waals surface area contributed by atoms with E-state index >= 15 is 0 Å². The topological polar surface area (TPSA) is 75.0 Å². The number of rotatable bonds is 4. The molecule has 9 heteroatoms. The van der Waals surface area contributed by atoms with Crippen molar-refractivity contribution >= 4 is 11.6 Å². The van der Waals surface area contributed by atoms with Gasteiger partial charge in [-0.2, -0.15) is 23.3 Å². The minimum atomic E-state index is -5.03. The van der Waals surface area contributed by atoms with Gasteiger partial charge in [0.15, 0.2) is 0 Å². The molecule has 0 saturated heterocycles. The molecule has 1 aliphatic rings. The smallest absolute Gasteiger partial charge is 0.384 e. The molecule has 1 N–H and O–H groups in total. The van der Waals surface area contributed by atoms with E-state index in [0.29, 0.717) is 0 Å². The Balaban J connectivity index is 2.34. The number of amides is 1. The number of ether oxygens (including phenoxy) is 1. The lowest BCUT2D eigenvalue weighted by atomic mass is 10.0. The molecule has 120 valence electrons. The fourth-order valence-electron chi connectivity index (χ4n) is 2.03. The Labute approximate surface area is 124 Å². The zero-order valence-corrected chi connectivity index (χ0v) is 11.7. The van der Waals surface area contributed by atoms with Crippen molar-refractivity contribution in [3.05, 3.63) is 30.1 Å². The predicted octanol–water partition coefficient (Wildman–Crippen LogP) is 1.57. The third kappa shape index (κ3) is 2.95. The molecule has 1 aromatic heterocycles. The molecule has 1 aromatic rings. The number of pyridine rings is 1. The number of aromatic nitrogens is 1. The maximum absolute atomic E-state index is 13.2. The van der Waals surface area contributed by atoms with Gasteiger partial charge in [-0.3, -0.25) is 9.78 Å². The van der Waals surface area contributed by atoms with E-state index in [9.17, 15) is 23.1 Å². The summed E-state index contributed by atoms with van der Waals surface area (Å²) < 4.78 is 44.4. The van der Waals surface area contributed by atoms with Crippen LogP contribution >= 0.6 is 0 Å². The van der Waals surface area contributed by atoms with Crippen molar-refractivity contribution in [2.45, 2.75) is 24.7 Å². The van der Waals surface area contributed by atoms with Crippen molar-refractivity contribution in [2.24, 2.45) is 5.10 Å². The van der Waals surface area contributed by atoms with Crippen LogP contribution in [-0.4, -0.2) is 52.3 Å². The van der Waals surface area contributed by atoms with Crippen molar-refractivity contribution in [1.29, 1.82) is 0 Å². The van der Waals surface area contributed by atoms with E-state index in [1.807, 2.05) is 0 Å². The van der Waals surface area contributed by atoms with E-state index in [-0.39, 0.29) is 29.3 Å². The van der Waals surface area contributed by atoms with Crippen LogP contribution < -0.4 is 0 Å². The van der Waals surface area contributed by atoms with E-state index in [2.05, 4.69) is 10.1 Å². The molecule has 1 aliphatic heterocycles. The van der Waals surface area contributed by atoms with Gasteiger partial charge < -0.3 is 9.84 Å². The Bertz CT molecular complexity index is 577. The number of halogens is 3. The monoisotopic (exact) mass is 317 g/mol. The van der Waals surface area contributed by atoms with Crippen LogP contribution in [0.25, 0.3) is 0 Å². The normalized spacial score (nSPS) is 21.9. The molecular weight excluding hydrogens is 303 g/mol. The molecular formula is C13H14F3N3O3. The molecule has 6 nitrogen and oxygen atoms in total. The second-order valence-corrected chi connectivity index (χ2v) is 4.75. The van der Waals surface area contributed by atoms with Crippen molar-refractivity contribution in [3.8, 4) is 0 Å². The molecule has 2 rings (SSSR count). The fraction of sp³-hybridized carbons (Fsp3) is 0.462. The molecule has 1 amide bonds. The lowest BCUT2D eigenvalue weighted by Gasteiger charge is -2.32. The largest absolute Gasteiger partial charge is 0.438 e. The minimum absolute atomic E-state index is 0.0454. The summed E-state index contributed by atoms with van der Waals surface area (Å²) in [6.07, 6.45) is -3.20. The van der Waals surface area contributed by atoms with Crippen LogP contribution in [0.1, 0.15) is 23.2 Å². The zero-order valence-electron chi connectivity index (χ0n) is 11.7. The second-order valence-electron chi connectivity index (χ2n) is 4.75. The number of hydrazone groups is 1. The Kier molecular flexibility index (Phi) is 4.47. The third-order valence-corrected chi connectivity index (χ3v) is 3.21. The third-order valence-electron chi connectivity index (χ3n) is 3.21. The average molecular weight is 317 g/mol. The SMILES string of the molecule is COCCC1=NN(C(=O)c2ccncc2)[C@](O)(C(F)(F)F)C1. The summed E-state index contributed by atoms with van der Waals surface area (Å²) in [7, 11) is 1.39. The van der Waals surface area contributed by atoms with Crippen molar-refractivity contribution in [1.82, 2.24) is 9.99 Å². The summed E-state index contributed by atoms with van der Waals surface area (Å²) in [5, 5.41) is 13.7. The Morgan fingerprint density at radius 3 is 2.64 bits per heavy atom. The fourth-order valence-corrected chi connectivity index (χ4v) is 2.03. The predicted molar refractivity (Wildman–Crippen MR) is 70.0 cm³/mol. The summed E-state index contributed by atoms with van der Waals surface area (Å²) in [4.78, 5) is 15.9. The number of aliphatic hydroxyl groups is 1. The standard InChI is InChI=1S/C13H14F3N3O3/c1-22-7-4-10-8-12(21,13(14,15)16)19(18-10)11(20)9-2-5-17-6-3-9/h2-3,5-6,21H,4,7-8H2,1H3/t12-/m1/s1. The maximum Gasteiger partial charge on any atom is 0.438 e. The van der Waals surface area contributed by atoms with E-state index < -0.39 is 24.2 Å². The van der Waals surface area contributed by atoms with Gasteiger partial charge in [-0.1, -0.05) is 0 Å². The summed E-state index contributed by atoms with van der Waals surface area (Å²) in [5.41, 5.74) is -3.35.